The van der Waals surface area contributed by atoms with Crippen LogP contribution in [0.5, 0.6) is 0 Å². The highest BCUT2D eigenvalue weighted by atomic mass is 16.5. The van der Waals surface area contributed by atoms with Crippen molar-refractivity contribution in [3.05, 3.63) is 0 Å². The molecule has 2 amide bonds. The third-order valence-corrected chi connectivity index (χ3v) is 3.95. The average molecular weight is 295 g/mol. The fourth-order valence-electron chi connectivity index (χ4n) is 2.82. The van der Waals surface area contributed by atoms with Gasteiger partial charge in [-0.05, 0) is 33.1 Å². The van der Waals surface area contributed by atoms with Crippen molar-refractivity contribution in [2.24, 2.45) is 5.10 Å². The number of piperidine rings is 1. The number of likely N-dealkylation sites (tertiary alicyclic amines) is 1. The van der Waals surface area contributed by atoms with Gasteiger partial charge in [-0.1, -0.05) is 0 Å². The molecule has 0 radical (unpaired) electrons. The maximum atomic E-state index is 12.2. The monoisotopic (exact) mass is 295 g/mol. The summed E-state index contributed by atoms with van der Waals surface area (Å²) >= 11 is 0. The van der Waals surface area contributed by atoms with Crippen LogP contribution in [0.15, 0.2) is 5.10 Å². The first-order valence-corrected chi connectivity index (χ1v) is 7.32. The predicted octanol–water partition coefficient (Wildman–Crippen LogP) is 0.585. The summed E-state index contributed by atoms with van der Waals surface area (Å²) in [5.74, 6) is -1.04. The molecule has 2 aliphatic heterocycles. The van der Waals surface area contributed by atoms with Crippen molar-refractivity contribution in [3.8, 4) is 0 Å². The highest BCUT2D eigenvalue weighted by Gasteiger charge is 2.30. The number of nitrogens with zero attached hydrogens (tertiary/aromatic N) is 2. The lowest BCUT2D eigenvalue weighted by atomic mass is 9.97. The number of nitrogens with one attached hydrogen (secondary N) is 1. The van der Waals surface area contributed by atoms with Gasteiger partial charge in [0.15, 0.2) is 6.61 Å². The van der Waals surface area contributed by atoms with E-state index in [-0.39, 0.29) is 49.1 Å². The van der Waals surface area contributed by atoms with Crippen molar-refractivity contribution in [2.45, 2.75) is 58.0 Å². The van der Waals surface area contributed by atoms with Crippen LogP contribution < -0.4 is 5.43 Å². The molecule has 1 fully saturated rings. The SMILES string of the molecule is C[C@H]1CCC[C@H](C)N1C(=O)COC(=O)C1=NNC(=O)CC1. The molecular formula is C14H21N3O4. The van der Waals surface area contributed by atoms with Gasteiger partial charge in [-0.25, -0.2) is 10.2 Å². The summed E-state index contributed by atoms with van der Waals surface area (Å²) in [5, 5.41) is 3.65. The Morgan fingerprint density at radius 1 is 1.29 bits per heavy atom. The largest absolute Gasteiger partial charge is 0.451 e. The molecular weight excluding hydrogens is 274 g/mol. The minimum atomic E-state index is -0.638. The zero-order valence-corrected chi connectivity index (χ0v) is 12.4. The summed E-state index contributed by atoms with van der Waals surface area (Å²) in [7, 11) is 0. The third-order valence-electron chi connectivity index (χ3n) is 3.95. The Labute approximate surface area is 123 Å². The second-order valence-electron chi connectivity index (χ2n) is 5.60. The van der Waals surface area contributed by atoms with E-state index in [1.807, 2.05) is 13.8 Å². The van der Waals surface area contributed by atoms with Gasteiger partial charge in [0.1, 0.15) is 5.71 Å². The van der Waals surface area contributed by atoms with Gasteiger partial charge in [0.25, 0.3) is 5.91 Å². The van der Waals surface area contributed by atoms with E-state index >= 15 is 0 Å². The molecule has 1 N–H and O–H groups in total. The molecule has 2 heterocycles. The zero-order valence-electron chi connectivity index (χ0n) is 12.4. The van der Waals surface area contributed by atoms with E-state index in [1.54, 1.807) is 4.90 Å². The molecule has 0 unspecified atom stereocenters. The Kier molecular flexibility index (Phi) is 4.93. The summed E-state index contributed by atoms with van der Waals surface area (Å²) in [6.07, 6.45) is 3.52. The van der Waals surface area contributed by atoms with Crippen LogP contribution in [0.4, 0.5) is 0 Å². The van der Waals surface area contributed by atoms with Gasteiger partial charge >= 0.3 is 5.97 Å². The first kappa shape index (κ1) is 15.5. The minimum Gasteiger partial charge on any atom is -0.451 e. The van der Waals surface area contributed by atoms with E-state index in [1.165, 1.54) is 0 Å². The van der Waals surface area contributed by atoms with Gasteiger partial charge in [-0.2, -0.15) is 5.10 Å². The van der Waals surface area contributed by atoms with E-state index in [4.69, 9.17) is 4.74 Å². The van der Waals surface area contributed by atoms with Crippen molar-refractivity contribution in [2.75, 3.05) is 6.61 Å². The van der Waals surface area contributed by atoms with Crippen molar-refractivity contribution < 1.29 is 19.1 Å². The molecule has 0 saturated carbocycles. The number of carbonyl (C=O) groups excluding carboxylic acids is 3. The Morgan fingerprint density at radius 3 is 2.52 bits per heavy atom. The smallest absolute Gasteiger partial charge is 0.355 e. The maximum absolute atomic E-state index is 12.2. The van der Waals surface area contributed by atoms with Crippen molar-refractivity contribution in [1.82, 2.24) is 10.3 Å². The van der Waals surface area contributed by atoms with Gasteiger partial charge < -0.3 is 9.64 Å². The number of hydrazone groups is 1. The van der Waals surface area contributed by atoms with Gasteiger partial charge in [0.2, 0.25) is 5.91 Å². The first-order valence-electron chi connectivity index (χ1n) is 7.32. The topological polar surface area (TPSA) is 88.1 Å². The summed E-state index contributed by atoms with van der Waals surface area (Å²) < 4.78 is 5.02. The number of hydrogen-bond acceptors (Lipinski definition) is 5. The molecule has 0 aromatic heterocycles. The summed E-state index contributed by atoms with van der Waals surface area (Å²) in [4.78, 5) is 36.7. The molecule has 0 aromatic rings. The highest BCUT2D eigenvalue weighted by Crippen LogP contribution is 2.22. The number of carbonyl (C=O) groups is 3. The molecule has 0 aliphatic carbocycles. The second kappa shape index (κ2) is 6.69. The van der Waals surface area contributed by atoms with Crippen molar-refractivity contribution in [3.63, 3.8) is 0 Å². The molecule has 0 spiro atoms. The Balaban J connectivity index is 1.86. The molecule has 0 bridgehead atoms. The first-order chi connectivity index (χ1) is 9.99. The number of amides is 2. The Morgan fingerprint density at radius 2 is 1.95 bits per heavy atom. The minimum absolute atomic E-state index is 0.155. The maximum Gasteiger partial charge on any atom is 0.355 e. The molecule has 7 nitrogen and oxygen atoms in total. The van der Waals surface area contributed by atoms with E-state index in [9.17, 15) is 14.4 Å². The molecule has 7 heteroatoms. The van der Waals surface area contributed by atoms with Crippen LogP contribution in [0.1, 0.15) is 46.0 Å². The van der Waals surface area contributed by atoms with Crippen LogP contribution in [0, 0.1) is 0 Å². The predicted molar refractivity (Wildman–Crippen MR) is 75.4 cm³/mol. The number of esters is 1. The standard InChI is InChI=1S/C14H21N3O4/c1-9-4-3-5-10(2)17(9)13(19)8-21-14(20)11-6-7-12(18)16-15-11/h9-10H,3-8H2,1-2H3,(H,16,18)/t9-,10-/m0/s1. The van der Waals surface area contributed by atoms with Crippen LogP contribution in [0.25, 0.3) is 0 Å². The van der Waals surface area contributed by atoms with Crippen LogP contribution in [-0.4, -0.2) is 47.1 Å². The molecule has 1 saturated heterocycles. The van der Waals surface area contributed by atoms with Crippen LogP contribution in [0.3, 0.4) is 0 Å². The fourth-order valence-corrected chi connectivity index (χ4v) is 2.82. The van der Waals surface area contributed by atoms with Crippen LogP contribution in [-0.2, 0) is 19.1 Å². The Bertz CT molecular complexity index is 465. The lowest BCUT2D eigenvalue weighted by Gasteiger charge is -2.38. The van der Waals surface area contributed by atoms with E-state index < -0.39 is 5.97 Å². The van der Waals surface area contributed by atoms with Gasteiger partial charge in [-0.3, -0.25) is 9.59 Å². The lowest BCUT2D eigenvalue weighted by Crippen LogP contribution is -2.49. The molecule has 2 atom stereocenters. The molecule has 116 valence electrons. The lowest BCUT2D eigenvalue weighted by molar-refractivity contribution is -0.150. The highest BCUT2D eigenvalue weighted by molar-refractivity contribution is 6.37. The quantitative estimate of drug-likeness (QED) is 0.772. The molecule has 2 aliphatic rings. The number of rotatable bonds is 3. The Hall–Kier alpha value is -1.92. The van der Waals surface area contributed by atoms with Gasteiger partial charge in [0, 0.05) is 24.9 Å². The van der Waals surface area contributed by atoms with Gasteiger partial charge in [0.05, 0.1) is 0 Å². The van der Waals surface area contributed by atoms with E-state index in [0.717, 1.165) is 19.3 Å². The zero-order chi connectivity index (χ0) is 15.4. The van der Waals surface area contributed by atoms with Crippen molar-refractivity contribution >= 4 is 23.5 Å². The van der Waals surface area contributed by atoms with Crippen molar-refractivity contribution in [1.29, 1.82) is 0 Å². The van der Waals surface area contributed by atoms with Crippen LogP contribution >= 0.6 is 0 Å². The fraction of sp³-hybridized carbons (Fsp3) is 0.714. The third kappa shape index (κ3) is 3.80. The normalized spacial score (nSPS) is 25.9. The summed E-state index contributed by atoms with van der Waals surface area (Å²) in [5.41, 5.74) is 2.39. The molecule has 2 rings (SSSR count). The summed E-state index contributed by atoms with van der Waals surface area (Å²) in [6.45, 7) is 3.74. The summed E-state index contributed by atoms with van der Waals surface area (Å²) in [6, 6.07) is 0.345. The van der Waals surface area contributed by atoms with E-state index in [0.29, 0.717) is 0 Å². The van der Waals surface area contributed by atoms with Crippen LogP contribution in [0.2, 0.25) is 0 Å². The molecule has 0 aromatic carbocycles. The second-order valence-corrected chi connectivity index (χ2v) is 5.60. The number of ether oxygens (including phenoxy) is 1. The van der Waals surface area contributed by atoms with E-state index in [2.05, 4.69) is 10.5 Å². The average Bonchev–Trinajstić information content (AvgIpc) is 2.45. The van der Waals surface area contributed by atoms with Gasteiger partial charge in [-0.15, -0.1) is 0 Å². The number of hydrogen-bond donors (Lipinski definition) is 1. The molecule has 21 heavy (non-hydrogen) atoms.